The summed E-state index contributed by atoms with van der Waals surface area (Å²) in [5, 5.41) is 3.85. The molecule has 4 aromatic rings. The molecule has 0 aliphatic carbocycles. The minimum atomic E-state index is -0.384. The van der Waals surface area contributed by atoms with Crippen molar-refractivity contribution in [1.29, 1.82) is 0 Å². The first-order chi connectivity index (χ1) is 16.2. The van der Waals surface area contributed by atoms with Gasteiger partial charge in [0.2, 0.25) is 5.91 Å². The van der Waals surface area contributed by atoms with E-state index in [4.69, 9.17) is 0 Å². The maximum absolute atomic E-state index is 13.8. The number of aromatic nitrogens is 2. The van der Waals surface area contributed by atoms with Gasteiger partial charge in [-0.15, -0.1) is 0 Å². The van der Waals surface area contributed by atoms with E-state index in [1.54, 1.807) is 12.3 Å². The van der Waals surface area contributed by atoms with E-state index < -0.39 is 0 Å². The highest BCUT2D eigenvalue weighted by molar-refractivity contribution is 6.10. The van der Waals surface area contributed by atoms with Gasteiger partial charge in [0.15, 0.2) is 5.78 Å². The lowest BCUT2D eigenvalue weighted by atomic mass is 9.90. The highest BCUT2D eigenvalue weighted by Gasteiger charge is 2.34. The van der Waals surface area contributed by atoms with Gasteiger partial charge in [-0.2, -0.15) is 0 Å². The van der Waals surface area contributed by atoms with Crippen LogP contribution < -0.4 is 5.32 Å². The van der Waals surface area contributed by atoms with Gasteiger partial charge in [-0.3, -0.25) is 14.5 Å². The number of para-hydroxylation sites is 1. The average Bonchev–Trinajstić information content (AvgIpc) is 3.30. The Kier molecular flexibility index (Phi) is 6.00. The molecule has 3 heterocycles. The lowest BCUT2D eigenvalue weighted by molar-refractivity contribution is -0.121. The van der Waals surface area contributed by atoms with Crippen molar-refractivity contribution < 1.29 is 9.59 Å². The number of pyridine rings is 1. The molecule has 1 saturated heterocycles. The molecule has 0 spiro atoms. The van der Waals surface area contributed by atoms with Gasteiger partial charge < -0.3 is 10.3 Å². The Bertz CT molecular complexity index is 1240. The van der Waals surface area contributed by atoms with Crippen LogP contribution in [0.4, 0.5) is 5.82 Å². The molecule has 6 heteroatoms. The number of hydrogen-bond acceptors (Lipinski definition) is 4. The number of nitrogens with one attached hydrogen (secondary N) is 2. The third-order valence-corrected chi connectivity index (χ3v) is 6.40. The maximum Gasteiger partial charge on any atom is 0.228 e. The Morgan fingerprint density at radius 2 is 1.67 bits per heavy atom. The van der Waals surface area contributed by atoms with Gasteiger partial charge in [0, 0.05) is 34.8 Å². The fourth-order valence-corrected chi connectivity index (χ4v) is 4.67. The minimum absolute atomic E-state index is 0.00688. The van der Waals surface area contributed by atoms with E-state index in [-0.39, 0.29) is 23.7 Å². The van der Waals surface area contributed by atoms with E-state index in [9.17, 15) is 9.59 Å². The fraction of sp³-hybridized carbons (Fsp3) is 0.222. The smallest absolute Gasteiger partial charge is 0.228 e. The number of fused-ring (bicyclic) bond motifs is 1. The molecule has 1 amide bonds. The van der Waals surface area contributed by atoms with Crippen LogP contribution in [0.3, 0.4) is 0 Å². The maximum atomic E-state index is 13.8. The van der Waals surface area contributed by atoms with Crippen molar-refractivity contribution in [3.8, 4) is 0 Å². The van der Waals surface area contributed by atoms with E-state index in [2.05, 4.69) is 20.2 Å². The molecule has 2 N–H and O–H groups in total. The van der Waals surface area contributed by atoms with Crippen LogP contribution in [0.2, 0.25) is 0 Å². The molecule has 1 fully saturated rings. The van der Waals surface area contributed by atoms with Crippen molar-refractivity contribution in [2.24, 2.45) is 5.92 Å². The first-order valence-corrected chi connectivity index (χ1v) is 11.3. The summed E-state index contributed by atoms with van der Waals surface area (Å²) >= 11 is 0. The molecular weight excluding hydrogens is 412 g/mol. The van der Waals surface area contributed by atoms with Gasteiger partial charge in [0.1, 0.15) is 5.82 Å². The Morgan fingerprint density at radius 3 is 2.42 bits per heavy atom. The number of hydrogen-bond donors (Lipinski definition) is 2. The zero-order valence-corrected chi connectivity index (χ0v) is 18.3. The van der Waals surface area contributed by atoms with Crippen LogP contribution in [0.1, 0.15) is 34.8 Å². The van der Waals surface area contributed by atoms with Crippen molar-refractivity contribution in [2.45, 2.75) is 18.9 Å². The number of ketones is 1. The second-order valence-corrected chi connectivity index (χ2v) is 8.44. The number of aromatic amines is 1. The second kappa shape index (κ2) is 9.38. The summed E-state index contributed by atoms with van der Waals surface area (Å²) in [6.45, 7) is 1.35. The first-order valence-electron chi connectivity index (χ1n) is 11.3. The van der Waals surface area contributed by atoms with E-state index in [1.165, 1.54) is 0 Å². The molecule has 5 rings (SSSR count). The van der Waals surface area contributed by atoms with Crippen LogP contribution in [-0.2, 0) is 4.79 Å². The topological polar surface area (TPSA) is 78.1 Å². The number of carbonyl (C=O) groups is 2. The number of benzene rings is 2. The molecule has 2 aromatic carbocycles. The highest BCUT2D eigenvalue weighted by atomic mass is 16.2. The summed E-state index contributed by atoms with van der Waals surface area (Å²) in [6.07, 6.45) is 4.88. The number of piperidine rings is 1. The highest BCUT2D eigenvalue weighted by Crippen LogP contribution is 2.32. The number of anilines is 1. The Morgan fingerprint density at radius 1 is 0.939 bits per heavy atom. The van der Waals surface area contributed by atoms with Crippen molar-refractivity contribution in [3.63, 3.8) is 0 Å². The average molecular weight is 439 g/mol. The SMILES string of the molecule is O=C(Nc1ccccn1)C1CCN(C(C(=O)c2c[nH]c3ccccc23)c2ccccc2)CC1. The van der Waals surface area contributed by atoms with Crippen molar-refractivity contribution in [3.05, 3.63) is 96.3 Å². The predicted octanol–water partition coefficient (Wildman–Crippen LogP) is 4.84. The lowest BCUT2D eigenvalue weighted by Gasteiger charge is -2.36. The van der Waals surface area contributed by atoms with Gasteiger partial charge in [0.25, 0.3) is 0 Å². The van der Waals surface area contributed by atoms with E-state index in [0.29, 0.717) is 37.3 Å². The lowest BCUT2D eigenvalue weighted by Crippen LogP contribution is -2.42. The number of amides is 1. The monoisotopic (exact) mass is 438 g/mol. The predicted molar refractivity (Wildman–Crippen MR) is 129 cm³/mol. The van der Waals surface area contributed by atoms with E-state index in [0.717, 1.165) is 16.5 Å². The normalized spacial score (nSPS) is 15.9. The van der Waals surface area contributed by atoms with Gasteiger partial charge in [-0.05, 0) is 49.7 Å². The largest absolute Gasteiger partial charge is 0.360 e. The van der Waals surface area contributed by atoms with Crippen LogP contribution in [0, 0.1) is 5.92 Å². The Balaban J connectivity index is 1.35. The molecule has 1 aliphatic heterocycles. The zero-order chi connectivity index (χ0) is 22.6. The Hall–Kier alpha value is -3.77. The summed E-state index contributed by atoms with van der Waals surface area (Å²) in [4.78, 5) is 36.2. The molecule has 1 atom stereocenters. The summed E-state index contributed by atoms with van der Waals surface area (Å²) in [7, 11) is 0. The second-order valence-electron chi connectivity index (χ2n) is 8.44. The molecular formula is C27H26N4O2. The summed E-state index contributed by atoms with van der Waals surface area (Å²) in [5.41, 5.74) is 2.64. The summed E-state index contributed by atoms with van der Waals surface area (Å²) in [6, 6.07) is 22.9. The quantitative estimate of drug-likeness (QED) is 0.423. The summed E-state index contributed by atoms with van der Waals surface area (Å²) in [5.74, 6) is 0.548. The van der Waals surface area contributed by atoms with Crippen LogP contribution in [-0.4, -0.2) is 39.6 Å². The molecule has 166 valence electrons. The molecule has 2 aromatic heterocycles. The molecule has 0 bridgehead atoms. The third-order valence-electron chi connectivity index (χ3n) is 6.40. The van der Waals surface area contributed by atoms with Gasteiger partial charge >= 0.3 is 0 Å². The van der Waals surface area contributed by atoms with Gasteiger partial charge in [-0.1, -0.05) is 54.6 Å². The fourth-order valence-electron chi connectivity index (χ4n) is 4.67. The number of nitrogens with zero attached hydrogens (tertiary/aromatic N) is 2. The van der Waals surface area contributed by atoms with Gasteiger partial charge in [-0.25, -0.2) is 4.98 Å². The van der Waals surface area contributed by atoms with Crippen LogP contribution in [0.5, 0.6) is 0 Å². The number of likely N-dealkylation sites (tertiary alicyclic amines) is 1. The standard InChI is InChI=1S/C27H26N4O2/c32-26(22-18-29-23-11-5-4-10-21(22)23)25(19-8-2-1-3-9-19)31-16-13-20(14-17-31)27(33)30-24-12-6-7-15-28-24/h1-12,15,18,20,25,29H,13-14,16-17H2,(H,28,30,33). The number of H-pyrrole nitrogens is 1. The summed E-state index contributed by atoms with van der Waals surface area (Å²) < 4.78 is 0. The number of carbonyl (C=O) groups excluding carboxylic acids is 2. The third kappa shape index (κ3) is 4.43. The van der Waals surface area contributed by atoms with Gasteiger partial charge in [0.05, 0.1) is 6.04 Å². The van der Waals surface area contributed by atoms with Crippen molar-refractivity contribution >= 4 is 28.4 Å². The Labute approximate surface area is 192 Å². The van der Waals surface area contributed by atoms with E-state index >= 15 is 0 Å². The molecule has 6 nitrogen and oxygen atoms in total. The number of rotatable bonds is 6. The van der Waals surface area contributed by atoms with Crippen LogP contribution in [0.25, 0.3) is 10.9 Å². The molecule has 1 unspecified atom stereocenters. The number of Topliss-reactive ketones (excluding diaryl/α,β-unsaturated/α-hetero) is 1. The minimum Gasteiger partial charge on any atom is -0.360 e. The molecule has 0 radical (unpaired) electrons. The molecule has 0 saturated carbocycles. The first kappa shape index (κ1) is 21.1. The van der Waals surface area contributed by atoms with Crippen LogP contribution >= 0.6 is 0 Å². The van der Waals surface area contributed by atoms with Crippen molar-refractivity contribution in [2.75, 3.05) is 18.4 Å². The molecule has 1 aliphatic rings. The zero-order valence-electron chi connectivity index (χ0n) is 18.3. The van der Waals surface area contributed by atoms with Crippen molar-refractivity contribution in [1.82, 2.24) is 14.9 Å². The molecule has 33 heavy (non-hydrogen) atoms. The van der Waals surface area contributed by atoms with Crippen LogP contribution in [0.15, 0.2) is 85.2 Å². The van der Waals surface area contributed by atoms with E-state index in [1.807, 2.05) is 72.9 Å².